The number of thiophene rings is 1. The van der Waals surface area contributed by atoms with E-state index >= 15 is 0 Å². The minimum atomic E-state index is -4.48. The first-order chi connectivity index (χ1) is 13.7. The number of aryl methyl sites for hydroxylation is 1. The summed E-state index contributed by atoms with van der Waals surface area (Å²) < 4.78 is 43.0. The molecule has 0 atom stereocenters. The highest BCUT2D eigenvalue weighted by molar-refractivity contribution is 7.17. The molecule has 29 heavy (non-hydrogen) atoms. The maximum absolute atomic E-state index is 12.7. The van der Waals surface area contributed by atoms with Crippen molar-refractivity contribution in [2.24, 2.45) is 0 Å². The van der Waals surface area contributed by atoms with E-state index in [1.165, 1.54) is 18.4 Å². The Labute approximate surface area is 168 Å². The SMILES string of the molecule is COC(=O)c1c(NC(=O)c2ccc(C(F)(F)F)cc2)sc(C)c1-c1ccccc1. The molecule has 1 N–H and O–H groups in total. The third kappa shape index (κ3) is 4.32. The van der Waals surface area contributed by atoms with Gasteiger partial charge in [0.05, 0.1) is 12.7 Å². The van der Waals surface area contributed by atoms with E-state index in [9.17, 15) is 22.8 Å². The molecule has 3 rings (SSSR count). The number of carbonyl (C=O) groups excluding carboxylic acids is 2. The zero-order valence-electron chi connectivity index (χ0n) is 15.5. The minimum absolute atomic E-state index is 0.0427. The lowest BCUT2D eigenvalue weighted by Gasteiger charge is -2.09. The normalized spacial score (nSPS) is 11.2. The molecule has 8 heteroatoms. The summed E-state index contributed by atoms with van der Waals surface area (Å²) >= 11 is 1.20. The Morgan fingerprint density at radius 2 is 1.62 bits per heavy atom. The van der Waals surface area contributed by atoms with Crippen molar-refractivity contribution < 1.29 is 27.5 Å². The first-order valence-corrected chi connectivity index (χ1v) is 9.29. The van der Waals surface area contributed by atoms with Gasteiger partial charge in [-0.2, -0.15) is 13.2 Å². The van der Waals surface area contributed by atoms with Gasteiger partial charge in [0.25, 0.3) is 5.91 Å². The van der Waals surface area contributed by atoms with E-state index in [-0.39, 0.29) is 16.1 Å². The highest BCUT2D eigenvalue weighted by atomic mass is 32.1. The van der Waals surface area contributed by atoms with Gasteiger partial charge in [-0.1, -0.05) is 30.3 Å². The van der Waals surface area contributed by atoms with Crippen LogP contribution in [-0.2, 0) is 10.9 Å². The molecular formula is C21H16F3NO3S. The second kappa shape index (κ2) is 8.08. The third-order valence-corrected chi connectivity index (χ3v) is 5.26. The largest absolute Gasteiger partial charge is 0.465 e. The number of hydrogen-bond donors (Lipinski definition) is 1. The number of amides is 1. The van der Waals surface area contributed by atoms with Crippen LogP contribution in [0.4, 0.5) is 18.2 Å². The molecule has 0 unspecified atom stereocenters. The molecule has 1 heterocycles. The van der Waals surface area contributed by atoms with Crippen molar-refractivity contribution in [1.29, 1.82) is 0 Å². The number of nitrogens with one attached hydrogen (secondary N) is 1. The van der Waals surface area contributed by atoms with Gasteiger partial charge in [0.15, 0.2) is 0 Å². The number of hydrogen-bond acceptors (Lipinski definition) is 4. The van der Waals surface area contributed by atoms with Crippen LogP contribution >= 0.6 is 11.3 Å². The van der Waals surface area contributed by atoms with Crippen LogP contribution in [0.5, 0.6) is 0 Å². The molecule has 0 saturated carbocycles. The second-order valence-electron chi connectivity index (χ2n) is 6.12. The molecule has 4 nitrogen and oxygen atoms in total. The number of alkyl halides is 3. The topological polar surface area (TPSA) is 55.4 Å². The minimum Gasteiger partial charge on any atom is -0.465 e. The predicted octanol–water partition coefficient (Wildman–Crippen LogP) is 5.78. The lowest BCUT2D eigenvalue weighted by atomic mass is 10.0. The van der Waals surface area contributed by atoms with Crippen molar-refractivity contribution in [3.05, 3.63) is 76.2 Å². The summed E-state index contributed by atoms with van der Waals surface area (Å²) in [5.41, 5.74) is 0.840. The molecule has 0 aliphatic rings. The van der Waals surface area contributed by atoms with E-state index in [2.05, 4.69) is 5.32 Å². The number of halogens is 3. The van der Waals surface area contributed by atoms with Crippen molar-refractivity contribution in [1.82, 2.24) is 0 Å². The van der Waals surface area contributed by atoms with Crippen LogP contribution in [-0.4, -0.2) is 19.0 Å². The van der Waals surface area contributed by atoms with Gasteiger partial charge in [-0.15, -0.1) is 11.3 Å². The van der Waals surface area contributed by atoms with Gasteiger partial charge in [0, 0.05) is 16.0 Å². The van der Waals surface area contributed by atoms with E-state index < -0.39 is 23.6 Å². The fourth-order valence-electron chi connectivity index (χ4n) is 2.87. The lowest BCUT2D eigenvalue weighted by molar-refractivity contribution is -0.137. The van der Waals surface area contributed by atoms with Crippen molar-refractivity contribution >= 4 is 28.2 Å². The van der Waals surface area contributed by atoms with Gasteiger partial charge in [0.1, 0.15) is 10.6 Å². The van der Waals surface area contributed by atoms with E-state index in [1.807, 2.05) is 37.3 Å². The van der Waals surface area contributed by atoms with E-state index in [4.69, 9.17) is 4.74 Å². The van der Waals surface area contributed by atoms with E-state index in [0.29, 0.717) is 5.56 Å². The molecule has 0 aliphatic carbocycles. The molecule has 0 bridgehead atoms. The molecule has 1 aromatic heterocycles. The van der Waals surface area contributed by atoms with Crippen molar-refractivity contribution in [3.8, 4) is 11.1 Å². The molecule has 0 saturated heterocycles. The lowest BCUT2D eigenvalue weighted by Crippen LogP contribution is -2.14. The Bertz CT molecular complexity index is 1040. The molecule has 2 aromatic carbocycles. The summed E-state index contributed by atoms with van der Waals surface area (Å²) in [6, 6.07) is 13.0. The summed E-state index contributed by atoms with van der Waals surface area (Å²) in [4.78, 5) is 25.8. The van der Waals surface area contributed by atoms with Crippen LogP contribution in [0.25, 0.3) is 11.1 Å². The van der Waals surface area contributed by atoms with E-state index in [0.717, 1.165) is 34.7 Å². The highest BCUT2D eigenvalue weighted by Gasteiger charge is 2.30. The second-order valence-corrected chi connectivity index (χ2v) is 7.35. The van der Waals surface area contributed by atoms with Gasteiger partial charge in [-0.25, -0.2) is 4.79 Å². The van der Waals surface area contributed by atoms with Crippen molar-refractivity contribution in [3.63, 3.8) is 0 Å². The Morgan fingerprint density at radius 1 is 1.00 bits per heavy atom. The van der Waals surface area contributed by atoms with Gasteiger partial charge in [-0.05, 0) is 36.8 Å². The van der Waals surface area contributed by atoms with Gasteiger partial charge < -0.3 is 10.1 Å². The molecule has 1 amide bonds. The number of carbonyl (C=O) groups is 2. The monoisotopic (exact) mass is 419 g/mol. The zero-order chi connectivity index (χ0) is 21.2. The first-order valence-electron chi connectivity index (χ1n) is 8.48. The fraction of sp³-hybridized carbons (Fsp3) is 0.143. The highest BCUT2D eigenvalue weighted by Crippen LogP contribution is 2.40. The summed E-state index contributed by atoms with van der Waals surface area (Å²) in [5.74, 6) is -1.24. The van der Waals surface area contributed by atoms with E-state index in [1.54, 1.807) is 0 Å². The standard InChI is InChI=1S/C21H16F3NO3S/c1-12-16(13-6-4-3-5-7-13)17(20(27)28-2)19(29-12)25-18(26)14-8-10-15(11-9-14)21(22,23)24/h3-11H,1-2H3,(H,25,26). The molecule has 0 aliphatic heterocycles. The average Bonchev–Trinajstić information content (AvgIpc) is 3.03. The summed E-state index contributed by atoms with van der Waals surface area (Å²) in [6.07, 6.45) is -4.48. The molecule has 3 aromatic rings. The van der Waals surface area contributed by atoms with Gasteiger partial charge >= 0.3 is 12.1 Å². The average molecular weight is 419 g/mol. The summed E-state index contributed by atoms with van der Waals surface area (Å²) in [6.45, 7) is 1.81. The zero-order valence-corrected chi connectivity index (χ0v) is 16.3. The number of esters is 1. The Morgan fingerprint density at radius 3 is 2.17 bits per heavy atom. The smallest absolute Gasteiger partial charge is 0.416 e. The number of rotatable bonds is 4. The van der Waals surface area contributed by atoms with Crippen LogP contribution < -0.4 is 5.32 Å². The number of methoxy groups -OCH3 is 1. The van der Waals surface area contributed by atoms with Gasteiger partial charge in [-0.3, -0.25) is 4.79 Å². The number of anilines is 1. The van der Waals surface area contributed by atoms with Crippen LogP contribution in [0, 0.1) is 6.92 Å². The molecule has 150 valence electrons. The van der Waals surface area contributed by atoms with Crippen LogP contribution in [0.15, 0.2) is 54.6 Å². The molecule has 0 radical (unpaired) electrons. The molecular weight excluding hydrogens is 403 g/mol. The Balaban J connectivity index is 1.97. The predicted molar refractivity (Wildman–Crippen MR) is 105 cm³/mol. The van der Waals surface area contributed by atoms with Crippen molar-refractivity contribution in [2.45, 2.75) is 13.1 Å². The Hall–Kier alpha value is -3.13. The molecule has 0 fully saturated rings. The van der Waals surface area contributed by atoms with Crippen LogP contribution in [0.2, 0.25) is 0 Å². The summed E-state index contributed by atoms with van der Waals surface area (Å²) in [5, 5.41) is 2.90. The maximum Gasteiger partial charge on any atom is 0.416 e. The third-order valence-electron chi connectivity index (χ3n) is 4.24. The summed E-state index contributed by atoms with van der Waals surface area (Å²) in [7, 11) is 1.24. The Kier molecular flexibility index (Phi) is 5.74. The first kappa shape index (κ1) is 20.6. The molecule has 0 spiro atoms. The van der Waals surface area contributed by atoms with Crippen LogP contribution in [0.1, 0.15) is 31.2 Å². The number of ether oxygens (including phenoxy) is 1. The van der Waals surface area contributed by atoms with Gasteiger partial charge in [0.2, 0.25) is 0 Å². The number of benzene rings is 2. The fourth-order valence-corrected chi connectivity index (χ4v) is 3.93. The van der Waals surface area contributed by atoms with Crippen LogP contribution in [0.3, 0.4) is 0 Å². The maximum atomic E-state index is 12.7. The quantitative estimate of drug-likeness (QED) is 0.546. The van der Waals surface area contributed by atoms with Crippen molar-refractivity contribution in [2.75, 3.05) is 12.4 Å².